The van der Waals surface area contributed by atoms with E-state index in [-0.39, 0.29) is 18.3 Å². The minimum absolute atomic E-state index is 0.0870. The number of hydrogen-bond acceptors (Lipinski definition) is 3. The minimum atomic E-state index is -0.332. The number of amidine groups is 1. The third-order valence-electron chi connectivity index (χ3n) is 4.22. The van der Waals surface area contributed by atoms with Crippen molar-refractivity contribution in [2.24, 2.45) is 5.73 Å². The molecule has 1 aromatic carbocycles. The molecule has 0 atom stereocenters. The lowest BCUT2D eigenvalue weighted by molar-refractivity contribution is 0.116. The Morgan fingerprint density at radius 2 is 2.05 bits per heavy atom. The van der Waals surface area contributed by atoms with E-state index in [0.717, 1.165) is 12.8 Å². The van der Waals surface area contributed by atoms with Crippen molar-refractivity contribution in [3.05, 3.63) is 35.1 Å². The summed E-state index contributed by atoms with van der Waals surface area (Å²) in [6.07, 6.45) is 5.92. The summed E-state index contributed by atoms with van der Waals surface area (Å²) in [6, 6.07) is 5.12. The minimum Gasteiger partial charge on any atom is -0.395 e. The average molecular weight is 293 g/mol. The van der Waals surface area contributed by atoms with Gasteiger partial charge in [-0.25, -0.2) is 4.39 Å². The van der Waals surface area contributed by atoms with Gasteiger partial charge in [0.2, 0.25) is 0 Å². The summed E-state index contributed by atoms with van der Waals surface area (Å²) in [6.45, 7) is 1.15. The van der Waals surface area contributed by atoms with Crippen molar-refractivity contribution in [1.29, 1.82) is 5.41 Å². The number of nitrogens with two attached hydrogens (primary N) is 1. The Morgan fingerprint density at radius 3 is 2.62 bits per heavy atom. The SMILES string of the molecule is N=C(N)c1ccc(CN(CCO)C2CCCCC2)c(F)c1. The highest BCUT2D eigenvalue weighted by Gasteiger charge is 2.21. The molecule has 4 N–H and O–H groups in total. The number of aliphatic hydroxyl groups excluding tert-OH is 1. The molecule has 5 heteroatoms. The summed E-state index contributed by atoms with van der Waals surface area (Å²) in [5, 5.41) is 16.6. The molecule has 4 nitrogen and oxygen atoms in total. The summed E-state index contributed by atoms with van der Waals surface area (Å²) in [4.78, 5) is 2.17. The van der Waals surface area contributed by atoms with Crippen molar-refractivity contribution in [2.75, 3.05) is 13.2 Å². The third kappa shape index (κ3) is 4.25. The van der Waals surface area contributed by atoms with E-state index >= 15 is 0 Å². The monoisotopic (exact) mass is 293 g/mol. The quantitative estimate of drug-likeness (QED) is 0.556. The molecule has 0 unspecified atom stereocenters. The second-order valence-corrected chi connectivity index (χ2v) is 5.71. The Kier molecular flexibility index (Phi) is 5.70. The molecular formula is C16H24FN3O. The van der Waals surface area contributed by atoms with Crippen molar-refractivity contribution >= 4 is 5.84 Å². The Labute approximate surface area is 125 Å². The Bertz CT molecular complexity index is 486. The van der Waals surface area contributed by atoms with Gasteiger partial charge in [0.05, 0.1) is 6.61 Å². The standard InChI is InChI=1S/C16H24FN3O/c17-15-10-12(16(18)19)6-7-13(15)11-20(8-9-21)14-4-2-1-3-5-14/h6-7,10,14,21H,1-5,8-9,11H2,(H3,18,19). The maximum Gasteiger partial charge on any atom is 0.128 e. The normalized spacial score (nSPS) is 16.3. The molecule has 0 aromatic heterocycles. The topological polar surface area (TPSA) is 73.3 Å². The first-order chi connectivity index (χ1) is 10.1. The predicted molar refractivity (Wildman–Crippen MR) is 81.8 cm³/mol. The molecule has 0 spiro atoms. The van der Waals surface area contributed by atoms with Crippen molar-refractivity contribution in [1.82, 2.24) is 4.90 Å². The molecule has 0 bridgehead atoms. The van der Waals surface area contributed by atoms with Gasteiger partial charge in [0, 0.05) is 30.3 Å². The smallest absolute Gasteiger partial charge is 0.128 e. The molecule has 2 rings (SSSR count). The van der Waals surface area contributed by atoms with Crippen molar-refractivity contribution in [2.45, 2.75) is 44.7 Å². The highest BCUT2D eigenvalue weighted by molar-refractivity contribution is 5.94. The summed E-state index contributed by atoms with van der Waals surface area (Å²) < 4.78 is 14.1. The van der Waals surface area contributed by atoms with Crippen LogP contribution in [0.5, 0.6) is 0 Å². The highest BCUT2D eigenvalue weighted by atomic mass is 19.1. The van der Waals surface area contributed by atoms with Gasteiger partial charge in [-0.2, -0.15) is 0 Å². The number of aliphatic hydroxyl groups is 1. The average Bonchev–Trinajstić information content (AvgIpc) is 2.49. The number of halogens is 1. The molecule has 21 heavy (non-hydrogen) atoms. The molecular weight excluding hydrogens is 269 g/mol. The Hall–Kier alpha value is -1.46. The van der Waals surface area contributed by atoms with Crippen LogP contribution in [-0.2, 0) is 6.54 Å². The van der Waals surface area contributed by atoms with Crippen LogP contribution in [0.15, 0.2) is 18.2 Å². The highest BCUT2D eigenvalue weighted by Crippen LogP contribution is 2.24. The molecule has 1 aromatic rings. The summed E-state index contributed by atoms with van der Waals surface area (Å²) >= 11 is 0. The molecule has 0 radical (unpaired) electrons. The molecule has 1 fully saturated rings. The van der Waals surface area contributed by atoms with Crippen LogP contribution in [0.4, 0.5) is 4.39 Å². The fourth-order valence-corrected chi connectivity index (χ4v) is 3.03. The van der Waals surface area contributed by atoms with Crippen molar-refractivity contribution < 1.29 is 9.50 Å². The number of benzene rings is 1. The molecule has 116 valence electrons. The van der Waals surface area contributed by atoms with Crippen LogP contribution in [-0.4, -0.2) is 35.0 Å². The number of hydrogen-bond donors (Lipinski definition) is 3. The molecule has 1 saturated carbocycles. The number of nitrogens with zero attached hydrogens (tertiary/aromatic N) is 1. The van der Waals surface area contributed by atoms with Gasteiger partial charge in [-0.15, -0.1) is 0 Å². The first-order valence-corrected chi connectivity index (χ1v) is 7.59. The van der Waals surface area contributed by atoms with Gasteiger partial charge in [-0.1, -0.05) is 31.4 Å². The fraction of sp³-hybridized carbons (Fsp3) is 0.562. The van der Waals surface area contributed by atoms with Crippen molar-refractivity contribution in [3.8, 4) is 0 Å². The first-order valence-electron chi connectivity index (χ1n) is 7.59. The maximum atomic E-state index is 14.1. The molecule has 0 heterocycles. The number of nitrogen functional groups attached to an aromatic ring is 1. The largest absolute Gasteiger partial charge is 0.395 e. The second-order valence-electron chi connectivity index (χ2n) is 5.71. The predicted octanol–water partition coefficient (Wildman–Crippen LogP) is 2.24. The lowest BCUT2D eigenvalue weighted by Gasteiger charge is -2.34. The van der Waals surface area contributed by atoms with Crippen LogP contribution in [0.25, 0.3) is 0 Å². The molecule has 1 aliphatic rings. The van der Waals surface area contributed by atoms with Crippen LogP contribution in [0.1, 0.15) is 43.2 Å². The number of rotatable bonds is 6. The number of nitrogens with one attached hydrogen (secondary N) is 1. The molecule has 1 aliphatic carbocycles. The third-order valence-corrected chi connectivity index (χ3v) is 4.22. The summed E-state index contributed by atoms with van der Waals surface area (Å²) in [7, 11) is 0. The summed E-state index contributed by atoms with van der Waals surface area (Å²) in [5.74, 6) is -0.457. The van der Waals surface area contributed by atoms with Gasteiger partial charge >= 0.3 is 0 Å². The van der Waals surface area contributed by atoms with Crippen LogP contribution in [0.3, 0.4) is 0 Å². The summed E-state index contributed by atoms with van der Waals surface area (Å²) in [5.41, 5.74) is 6.37. The van der Waals surface area contributed by atoms with E-state index in [1.807, 2.05) is 0 Å². The van der Waals surface area contributed by atoms with Gasteiger partial charge in [0.25, 0.3) is 0 Å². The van der Waals surface area contributed by atoms with Gasteiger partial charge < -0.3 is 10.8 Å². The van der Waals surface area contributed by atoms with E-state index in [4.69, 9.17) is 11.1 Å². The lowest BCUT2D eigenvalue weighted by atomic mass is 9.93. The molecule has 0 saturated heterocycles. The van der Waals surface area contributed by atoms with Gasteiger partial charge in [-0.05, 0) is 18.9 Å². The fourth-order valence-electron chi connectivity index (χ4n) is 3.03. The van der Waals surface area contributed by atoms with Crippen LogP contribution in [0.2, 0.25) is 0 Å². The molecule has 0 amide bonds. The van der Waals surface area contributed by atoms with Crippen LogP contribution in [0, 0.1) is 11.2 Å². The zero-order valence-corrected chi connectivity index (χ0v) is 12.3. The maximum absolute atomic E-state index is 14.1. The van der Waals surface area contributed by atoms with Crippen LogP contribution >= 0.6 is 0 Å². The van der Waals surface area contributed by atoms with E-state index < -0.39 is 0 Å². The zero-order chi connectivity index (χ0) is 15.2. The van der Waals surface area contributed by atoms with E-state index in [0.29, 0.717) is 30.3 Å². The van der Waals surface area contributed by atoms with E-state index in [1.54, 1.807) is 12.1 Å². The van der Waals surface area contributed by atoms with E-state index in [9.17, 15) is 9.50 Å². The van der Waals surface area contributed by atoms with Gasteiger partial charge in [0.15, 0.2) is 0 Å². The van der Waals surface area contributed by atoms with Crippen LogP contribution < -0.4 is 5.73 Å². The van der Waals surface area contributed by atoms with E-state index in [1.165, 1.54) is 25.3 Å². The van der Waals surface area contributed by atoms with Crippen molar-refractivity contribution in [3.63, 3.8) is 0 Å². The second kappa shape index (κ2) is 7.52. The van der Waals surface area contributed by atoms with Gasteiger partial charge in [0.1, 0.15) is 11.7 Å². The first kappa shape index (κ1) is 15.9. The van der Waals surface area contributed by atoms with Gasteiger partial charge in [-0.3, -0.25) is 10.3 Å². The van der Waals surface area contributed by atoms with E-state index in [2.05, 4.69) is 4.90 Å². The Balaban J connectivity index is 2.10. The Morgan fingerprint density at radius 1 is 1.33 bits per heavy atom. The zero-order valence-electron chi connectivity index (χ0n) is 12.3. The lowest BCUT2D eigenvalue weighted by Crippen LogP contribution is -2.38. The molecule has 0 aliphatic heterocycles.